The van der Waals surface area contributed by atoms with E-state index in [9.17, 15) is 9.59 Å². The highest BCUT2D eigenvalue weighted by atomic mass is 16.5. The lowest BCUT2D eigenvalue weighted by molar-refractivity contribution is -0.134. The number of hydrogen-bond donors (Lipinski definition) is 1. The van der Waals surface area contributed by atoms with Crippen LogP contribution in [0, 0.1) is 0 Å². The molecule has 2 atom stereocenters. The number of amides is 2. The third-order valence-corrected chi connectivity index (χ3v) is 5.49. The molecule has 2 aromatic carbocycles. The van der Waals surface area contributed by atoms with Crippen LogP contribution < -0.4 is 14.8 Å². The normalized spacial score (nSPS) is 18.6. The van der Waals surface area contributed by atoms with Crippen molar-refractivity contribution in [2.24, 2.45) is 0 Å². The number of nitrogens with zero attached hydrogens (tertiary/aromatic N) is 1. The first-order chi connectivity index (χ1) is 14.5. The van der Waals surface area contributed by atoms with Gasteiger partial charge < -0.3 is 24.4 Å². The van der Waals surface area contributed by atoms with Gasteiger partial charge in [-0.15, -0.1) is 0 Å². The Kier molecular flexibility index (Phi) is 7.17. The van der Waals surface area contributed by atoms with E-state index < -0.39 is 6.09 Å². The molecule has 1 saturated heterocycles. The maximum atomic E-state index is 12.9. The highest BCUT2D eigenvalue weighted by Gasteiger charge is 2.36. The summed E-state index contributed by atoms with van der Waals surface area (Å²) < 4.78 is 15.5. The lowest BCUT2D eigenvalue weighted by atomic mass is 9.84. The predicted molar refractivity (Wildman–Crippen MR) is 113 cm³/mol. The summed E-state index contributed by atoms with van der Waals surface area (Å²) in [6, 6.07) is 15.4. The van der Waals surface area contributed by atoms with E-state index in [-0.39, 0.29) is 17.9 Å². The van der Waals surface area contributed by atoms with Crippen molar-refractivity contribution < 1.29 is 23.8 Å². The van der Waals surface area contributed by atoms with Crippen molar-refractivity contribution in [1.29, 1.82) is 0 Å². The van der Waals surface area contributed by atoms with Crippen LogP contribution in [-0.2, 0) is 16.0 Å². The molecule has 0 aromatic heterocycles. The third kappa shape index (κ3) is 5.03. The first-order valence-corrected chi connectivity index (χ1v) is 9.93. The molecule has 1 fully saturated rings. The maximum Gasteiger partial charge on any atom is 0.407 e. The van der Waals surface area contributed by atoms with Crippen LogP contribution in [0.1, 0.15) is 23.5 Å². The van der Waals surface area contributed by atoms with Crippen molar-refractivity contribution in [3.05, 3.63) is 59.7 Å². The van der Waals surface area contributed by atoms with Crippen LogP contribution >= 0.6 is 0 Å². The van der Waals surface area contributed by atoms with Gasteiger partial charge in [-0.2, -0.15) is 0 Å². The number of nitrogens with one attached hydrogen (secondary N) is 1. The van der Waals surface area contributed by atoms with E-state index in [2.05, 4.69) is 5.32 Å². The molecule has 1 aliphatic rings. The number of carbonyl (C=O) groups is 2. The smallest absolute Gasteiger partial charge is 0.407 e. The van der Waals surface area contributed by atoms with Gasteiger partial charge in [0.05, 0.1) is 27.4 Å². The molecule has 2 amide bonds. The van der Waals surface area contributed by atoms with E-state index in [4.69, 9.17) is 14.2 Å². The van der Waals surface area contributed by atoms with E-state index in [0.29, 0.717) is 31.0 Å². The van der Waals surface area contributed by atoms with Gasteiger partial charge in [-0.1, -0.05) is 36.4 Å². The number of rotatable bonds is 7. The SMILES string of the molecule is COC(=O)NC1CN(CCc2ccccc2)C(=O)CC1c1ccc(OC)c(OC)c1. The van der Waals surface area contributed by atoms with Crippen LogP contribution in [0.4, 0.5) is 4.79 Å². The van der Waals surface area contributed by atoms with E-state index in [1.807, 2.05) is 53.4 Å². The van der Waals surface area contributed by atoms with Crippen molar-refractivity contribution in [3.8, 4) is 11.5 Å². The number of hydrogen-bond acceptors (Lipinski definition) is 5. The standard InChI is InChI=1S/C23H28N2O5/c1-28-20-10-9-17(13-21(20)29-2)18-14-22(26)25(15-19(18)24-23(27)30-3)12-11-16-7-5-4-6-8-16/h4-10,13,18-19H,11-12,14-15H2,1-3H3,(H,24,27). The third-order valence-electron chi connectivity index (χ3n) is 5.49. The molecule has 160 valence electrons. The number of ether oxygens (including phenoxy) is 3. The molecule has 1 heterocycles. The Morgan fingerprint density at radius 3 is 2.47 bits per heavy atom. The molecule has 0 saturated carbocycles. The molecule has 0 spiro atoms. The molecule has 30 heavy (non-hydrogen) atoms. The fourth-order valence-corrected chi connectivity index (χ4v) is 3.84. The van der Waals surface area contributed by atoms with Gasteiger partial charge in [0.15, 0.2) is 11.5 Å². The van der Waals surface area contributed by atoms with Gasteiger partial charge in [0, 0.05) is 25.4 Å². The lowest BCUT2D eigenvalue weighted by Crippen LogP contribution is -2.54. The summed E-state index contributed by atoms with van der Waals surface area (Å²) in [6.45, 7) is 1.01. The van der Waals surface area contributed by atoms with Gasteiger partial charge in [0.25, 0.3) is 0 Å². The highest BCUT2D eigenvalue weighted by Crippen LogP contribution is 2.35. The Bertz CT molecular complexity index is 871. The Labute approximate surface area is 176 Å². The molecule has 7 heteroatoms. The monoisotopic (exact) mass is 412 g/mol. The number of methoxy groups -OCH3 is 3. The molecule has 1 aliphatic heterocycles. The molecule has 7 nitrogen and oxygen atoms in total. The summed E-state index contributed by atoms with van der Waals surface area (Å²) in [5.41, 5.74) is 2.08. The van der Waals surface area contributed by atoms with Crippen LogP contribution in [0.15, 0.2) is 48.5 Å². The second-order valence-electron chi connectivity index (χ2n) is 7.24. The van der Waals surface area contributed by atoms with Crippen LogP contribution in [0.25, 0.3) is 0 Å². The number of likely N-dealkylation sites (tertiary alicyclic amines) is 1. The first kappa shape index (κ1) is 21.5. The molecular formula is C23H28N2O5. The van der Waals surface area contributed by atoms with Crippen molar-refractivity contribution >= 4 is 12.0 Å². The Morgan fingerprint density at radius 1 is 1.07 bits per heavy atom. The number of piperidine rings is 1. The van der Waals surface area contributed by atoms with Crippen molar-refractivity contribution in [2.75, 3.05) is 34.4 Å². The van der Waals surface area contributed by atoms with Crippen LogP contribution in [0.2, 0.25) is 0 Å². The van der Waals surface area contributed by atoms with E-state index in [1.165, 1.54) is 12.7 Å². The molecule has 0 aliphatic carbocycles. The van der Waals surface area contributed by atoms with E-state index >= 15 is 0 Å². The van der Waals surface area contributed by atoms with Gasteiger partial charge in [0.2, 0.25) is 5.91 Å². The van der Waals surface area contributed by atoms with Crippen LogP contribution in [0.5, 0.6) is 11.5 Å². The zero-order chi connectivity index (χ0) is 21.5. The van der Waals surface area contributed by atoms with Crippen molar-refractivity contribution in [1.82, 2.24) is 10.2 Å². The van der Waals surface area contributed by atoms with Gasteiger partial charge in [-0.25, -0.2) is 4.79 Å². The van der Waals surface area contributed by atoms with Crippen molar-refractivity contribution in [2.45, 2.75) is 24.8 Å². The molecular weight excluding hydrogens is 384 g/mol. The first-order valence-electron chi connectivity index (χ1n) is 9.93. The van der Waals surface area contributed by atoms with Crippen LogP contribution in [0.3, 0.4) is 0 Å². The molecule has 2 unspecified atom stereocenters. The van der Waals surface area contributed by atoms with E-state index in [1.54, 1.807) is 14.2 Å². The lowest BCUT2D eigenvalue weighted by Gasteiger charge is -2.38. The minimum atomic E-state index is -0.511. The Balaban J connectivity index is 1.79. The zero-order valence-corrected chi connectivity index (χ0v) is 17.6. The summed E-state index contributed by atoms with van der Waals surface area (Å²) in [5, 5.41) is 2.90. The maximum absolute atomic E-state index is 12.9. The topological polar surface area (TPSA) is 77.1 Å². The minimum absolute atomic E-state index is 0.0635. The zero-order valence-electron chi connectivity index (χ0n) is 17.6. The quantitative estimate of drug-likeness (QED) is 0.757. The summed E-state index contributed by atoms with van der Waals surface area (Å²) in [4.78, 5) is 26.7. The average molecular weight is 412 g/mol. The summed E-state index contributed by atoms with van der Waals surface area (Å²) in [7, 11) is 4.49. The van der Waals surface area contributed by atoms with Gasteiger partial charge in [0.1, 0.15) is 0 Å². The van der Waals surface area contributed by atoms with Crippen LogP contribution in [-0.4, -0.2) is 57.4 Å². The number of alkyl carbamates (subject to hydrolysis) is 1. The average Bonchev–Trinajstić information content (AvgIpc) is 2.79. The largest absolute Gasteiger partial charge is 0.493 e. The van der Waals surface area contributed by atoms with Gasteiger partial charge >= 0.3 is 6.09 Å². The molecule has 3 rings (SSSR count). The molecule has 2 aromatic rings. The van der Waals surface area contributed by atoms with Gasteiger partial charge in [-0.05, 0) is 29.7 Å². The predicted octanol–water partition coefficient (Wildman–Crippen LogP) is 2.99. The number of carbonyl (C=O) groups excluding carboxylic acids is 2. The number of benzene rings is 2. The fraction of sp³-hybridized carbons (Fsp3) is 0.391. The van der Waals surface area contributed by atoms with Crippen molar-refractivity contribution in [3.63, 3.8) is 0 Å². The second kappa shape index (κ2) is 10.0. The minimum Gasteiger partial charge on any atom is -0.493 e. The summed E-state index contributed by atoms with van der Waals surface area (Å²) in [5.74, 6) is 1.08. The molecule has 0 bridgehead atoms. The highest BCUT2D eigenvalue weighted by molar-refractivity contribution is 5.79. The Morgan fingerprint density at radius 2 is 1.80 bits per heavy atom. The Hall–Kier alpha value is -3.22. The van der Waals surface area contributed by atoms with E-state index in [0.717, 1.165) is 12.0 Å². The van der Waals surface area contributed by atoms with Gasteiger partial charge in [-0.3, -0.25) is 4.79 Å². The summed E-state index contributed by atoms with van der Waals surface area (Å²) >= 11 is 0. The second-order valence-corrected chi connectivity index (χ2v) is 7.24. The molecule has 1 N–H and O–H groups in total. The fourth-order valence-electron chi connectivity index (χ4n) is 3.84. The summed E-state index contributed by atoms with van der Waals surface area (Å²) in [6.07, 6.45) is 0.542. The molecule has 0 radical (unpaired) electrons.